The van der Waals surface area contributed by atoms with Crippen molar-refractivity contribution >= 4 is 13.2 Å². The summed E-state index contributed by atoms with van der Waals surface area (Å²) < 4.78 is 0. The molecule has 1 saturated heterocycles. The third-order valence-electron chi connectivity index (χ3n) is 7.08. The summed E-state index contributed by atoms with van der Waals surface area (Å²) in [6.07, 6.45) is 10.2. The van der Waals surface area contributed by atoms with Gasteiger partial charge in [-0.1, -0.05) is 65.5 Å². The Morgan fingerprint density at radius 2 is 1.84 bits per heavy atom. The van der Waals surface area contributed by atoms with E-state index in [1.807, 2.05) is 0 Å². The monoisotopic (exact) mass is 348 g/mol. The molecule has 0 bridgehead atoms. The molecule has 1 N–H and O–H groups in total. The normalized spacial score (nSPS) is 37.3. The van der Waals surface area contributed by atoms with Gasteiger partial charge in [-0.2, -0.15) is 0 Å². The molecule has 25 heavy (non-hydrogen) atoms. The number of aliphatic carboxylic acids is 1. The van der Waals surface area contributed by atoms with E-state index in [1.54, 1.807) is 0 Å². The van der Waals surface area contributed by atoms with Crippen LogP contribution in [-0.2, 0) is 4.79 Å². The highest BCUT2D eigenvalue weighted by atomic mass is 16.4. The maximum Gasteiger partial charge on any atom is 0.303 e. The maximum absolute atomic E-state index is 10.9. The molecule has 0 aromatic heterocycles. The molecule has 0 aromatic rings. The van der Waals surface area contributed by atoms with Crippen molar-refractivity contribution in [3.63, 3.8) is 0 Å². The molecule has 0 amide bonds. The highest BCUT2D eigenvalue weighted by Gasteiger charge is 2.41. The van der Waals surface area contributed by atoms with Gasteiger partial charge in [0.1, 0.15) is 7.28 Å². The van der Waals surface area contributed by atoms with Gasteiger partial charge in [0.15, 0.2) is 0 Å². The van der Waals surface area contributed by atoms with Gasteiger partial charge in [-0.05, 0) is 43.6 Å². The van der Waals surface area contributed by atoms with Gasteiger partial charge < -0.3 is 5.11 Å². The largest absolute Gasteiger partial charge is 0.481 e. The van der Waals surface area contributed by atoms with Crippen LogP contribution < -0.4 is 0 Å². The van der Waals surface area contributed by atoms with Gasteiger partial charge in [-0.15, -0.1) is 0 Å². The summed E-state index contributed by atoms with van der Waals surface area (Å²) in [7, 11) is 2.67. The van der Waals surface area contributed by atoms with Crippen LogP contribution in [-0.4, -0.2) is 41.9 Å². The van der Waals surface area contributed by atoms with Crippen molar-refractivity contribution in [3.8, 4) is 0 Å². The molecule has 6 unspecified atom stereocenters. The standard InChI is InChI=1S/C21H39BNO2/c1-5-18-21(17-11-8-7-10-15(17)3)22-14-16(4)19(23(18)6-2)12-9-13-20(24)25/h15-19,21H,5-14H2,1-4H3,(H,24,25). The number of hydrogen-bond donors (Lipinski definition) is 1. The molecule has 2 fully saturated rings. The number of nitrogens with zero attached hydrogens (tertiary/aromatic N) is 1. The van der Waals surface area contributed by atoms with E-state index in [0.717, 1.165) is 31.2 Å². The molecule has 2 rings (SSSR count). The first-order valence-corrected chi connectivity index (χ1v) is 10.8. The highest BCUT2D eigenvalue weighted by Crippen LogP contribution is 2.45. The molecule has 0 spiro atoms. The zero-order valence-corrected chi connectivity index (χ0v) is 16.9. The fourth-order valence-electron chi connectivity index (χ4n) is 5.75. The Balaban J connectivity index is 2.15. The van der Waals surface area contributed by atoms with Crippen LogP contribution in [0, 0.1) is 17.8 Å². The van der Waals surface area contributed by atoms with Crippen LogP contribution in [0.2, 0.25) is 12.1 Å². The van der Waals surface area contributed by atoms with Crippen LogP contribution in [0.4, 0.5) is 0 Å². The lowest BCUT2D eigenvalue weighted by molar-refractivity contribution is -0.137. The fourth-order valence-corrected chi connectivity index (χ4v) is 5.75. The Morgan fingerprint density at radius 3 is 2.44 bits per heavy atom. The van der Waals surface area contributed by atoms with Gasteiger partial charge >= 0.3 is 5.97 Å². The van der Waals surface area contributed by atoms with Crippen molar-refractivity contribution < 1.29 is 9.90 Å². The number of rotatable bonds is 7. The predicted octanol–water partition coefficient (Wildman–Crippen LogP) is 5.10. The Hall–Kier alpha value is -0.505. The summed E-state index contributed by atoms with van der Waals surface area (Å²) in [6, 6.07) is 1.17. The second-order valence-electron chi connectivity index (χ2n) is 8.61. The van der Waals surface area contributed by atoms with Crippen LogP contribution in [0.1, 0.15) is 79.1 Å². The van der Waals surface area contributed by atoms with E-state index >= 15 is 0 Å². The second-order valence-corrected chi connectivity index (χ2v) is 8.61. The first kappa shape index (κ1) is 20.8. The van der Waals surface area contributed by atoms with Crippen LogP contribution in [0.5, 0.6) is 0 Å². The molecular formula is C21H39BNO2. The Morgan fingerprint density at radius 1 is 1.12 bits per heavy atom. The molecular weight excluding hydrogens is 309 g/mol. The SMILES string of the molecule is CCC1C(C2CCCCC2C)[B]CC(C)C(CCCC(=O)O)N1CC. The number of carbonyl (C=O) groups is 1. The first-order chi connectivity index (χ1) is 12.0. The van der Waals surface area contributed by atoms with E-state index in [4.69, 9.17) is 5.11 Å². The summed E-state index contributed by atoms with van der Waals surface area (Å²) in [5, 5.41) is 9.01. The topological polar surface area (TPSA) is 40.5 Å². The smallest absolute Gasteiger partial charge is 0.303 e. The van der Waals surface area contributed by atoms with Gasteiger partial charge in [-0.3, -0.25) is 9.69 Å². The predicted molar refractivity (Wildman–Crippen MR) is 106 cm³/mol. The molecule has 3 nitrogen and oxygen atoms in total. The summed E-state index contributed by atoms with van der Waals surface area (Å²) in [5.41, 5.74) is 0. The van der Waals surface area contributed by atoms with Crippen molar-refractivity contribution in [3.05, 3.63) is 0 Å². The molecule has 1 radical (unpaired) electrons. The minimum absolute atomic E-state index is 0.310. The van der Waals surface area contributed by atoms with Gasteiger partial charge in [0, 0.05) is 18.5 Å². The summed E-state index contributed by atoms with van der Waals surface area (Å²) in [4.78, 5) is 13.7. The second kappa shape index (κ2) is 9.99. The van der Waals surface area contributed by atoms with Gasteiger partial charge in [0.05, 0.1) is 0 Å². The summed E-state index contributed by atoms with van der Waals surface area (Å²) in [6.45, 7) is 10.6. The van der Waals surface area contributed by atoms with E-state index in [1.165, 1.54) is 38.4 Å². The number of hydrogen-bond acceptors (Lipinski definition) is 2. The van der Waals surface area contributed by atoms with Crippen LogP contribution >= 0.6 is 0 Å². The van der Waals surface area contributed by atoms with Gasteiger partial charge in [-0.25, -0.2) is 0 Å². The average Bonchev–Trinajstić information content (AvgIpc) is 2.72. The molecule has 6 atom stereocenters. The molecule has 1 aliphatic heterocycles. The Kier molecular flexibility index (Phi) is 8.31. The molecule has 1 aliphatic carbocycles. The van der Waals surface area contributed by atoms with Crippen molar-refractivity contribution in [2.45, 2.75) is 103 Å². The van der Waals surface area contributed by atoms with Gasteiger partial charge in [0.2, 0.25) is 0 Å². The Labute approximate surface area is 156 Å². The molecule has 4 heteroatoms. The first-order valence-electron chi connectivity index (χ1n) is 10.8. The molecule has 0 aromatic carbocycles. The lowest BCUT2D eigenvalue weighted by atomic mass is 9.49. The Bertz CT molecular complexity index is 417. The minimum atomic E-state index is -0.656. The van der Waals surface area contributed by atoms with E-state index in [2.05, 4.69) is 39.9 Å². The van der Waals surface area contributed by atoms with Crippen LogP contribution in [0.25, 0.3) is 0 Å². The third kappa shape index (κ3) is 5.24. The molecule has 143 valence electrons. The number of carboxylic acids is 1. The molecule has 1 saturated carbocycles. The van der Waals surface area contributed by atoms with E-state index in [0.29, 0.717) is 30.2 Å². The third-order valence-corrected chi connectivity index (χ3v) is 7.08. The van der Waals surface area contributed by atoms with Crippen LogP contribution in [0.3, 0.4) is 0 Å². The number of carboxylic acid groups (broad SMARTS) is 1. The summed E-state index contributed by atoms with van der Waals surface area (Å²) >= 11 is 0. The van der Waals surface area contributed by atoms with Crippen molar-refractivity contribution in [2.75, 3.05) is 6.54 Å². The molecule has 1 heterocycles. The maximum atomic E-state index is 10.9. The van der Waals surface area contributed by atoms with Crippen molar-refractivity contribution in [2.24, 2.45) is 17.8 Å². The lowest BCUT2D eigenvalue weighted by Gasteiger charge is -2.45. The quantitative estimate of drug-likeness (QED) is 0.651. The average molecular weight is 348 g/mol. The van der Waals surface area contributed by atoms with E-state index < -0.39 is 5.97 Å². The zero-order valence-electron chi connectivity index (χ0n) is 16.9. The molecule has 2 aliphatic rings. The van der Waals surface area contributed by atoms with E-state index in [-0.39, 0.29) is 0 Å². The zero-order chi connectivity index (χ0) is 18.4. The van der Waals surface area contributed by atoms with Crippen molar-refractivity contribution in [1.82, 2.24) is 4.90 Å². The lowest BCUT2D eigenvalue weighted by Crippen LogP contribution is -2.48. The minimum Gasteiger partial charge on any atom is -0.481 e. The van der Waals surface area contributed by atoms with E-state index in [9.17, 15) is 4.79 Å². The highest BCUT2D eigenvalue weighted by molar-refractivity contribution is 6.38. The van der Waals surface area contributed by atoms with Crippen molar-refractivity contribution in [1.29, 1.82) is 0 Å². The van der Waals surface area contributed by atoms with Gasteiger partial charge in [0.25, 0.3) is 0 Å². The van der Waals surface area contributed by atoms with Crippen LogP contribution in [0.15, 0.2) is 0 Å². The fraction of sp³-hybridized carbons (Fsp3) is 0.952. The summed E-state index contributed by atoms with van der Waals surface area (Å²) in [5.74, 6) is 2.38.